The topological polar surface area (TPSA) is 38.5 Å². The van der Waals surface area contributed by atoms with E-state index in [9.17, 15) is 0 Å². The Labute approximate surface area is 84.4 Å². The molecule has 1 heterocycles. The first-order chi connectivity index (χ1) is 6.77. The fourth-order valence-corrected chi connectivity index (χ4v) is 1.62. The number of anilines is 2. The van der Waals surface area contributed by atoms with Crippen molar-refractivity contribution in [3.05, 3.63) is 23.8 Å². The van der Waals surface area contributed by atoms with Gasteiger partial charge in [0.15, 0.2) is 0 Å². The monoisotopic (exact) mass is 192 g/mol. The largest absolute Gasteiger partial charge is 0.399 e. The molecule has 1 aromatic carbocycles. The third-order valence-electron chi connectivity index (χ3n) is 2.54. The summed E-state index contributed by atoms with van der Waals surface area (Å²) in [7, 11) is 0. The Bertz CT molecular complexity index is 319. The summed E-state index contributed by atoms with van der Waals surface area (Å²) in [6.45, 7) is 3.82. The van der Waals surface area contributed by atoms with Crippen molar-refractivity contribution in [2.45, 2.75) is 19.8 Å². The summed E-state index contributed by atoms with van der Waals surface area (Å²) in [5, 5.41) is 1.95. The molecule has 1 fully saturated rings. The van der Waals surface area contributed by atoms with Crippen molar-refractivity contribution in [2.24, 2.45) is 0 Å². The molecule has 2 rings (SSSR count). The van der Waals surface area contributed by atoms with Gasteiger partial charge >= 0.3 is 0 Å². The Kier molecular flexibility index (Phi) is 2.59. The van der Waals surface area contributed by atoms with E-state index in [1.807, 2.05) is 24.1 Å². The van der Waals surface area contributed by atoms with Crippen LogP contribution in [0.5, 0.6) is 0 Å². The van der Waals surface area contributed by atoms with Gasteiger partial charge in [-0.05, 0) is 43.5 Å². The van der Waals surface area contributed by atoms with Crippen LogP contribution in [0.25, 0.3) is 0 Å². The number of aryl methyl sites for hydroxylation is 1. The first kappa shape index (κ1) is 9.34. The van der Waals surface area contributed by atoms with Gasteiger partial charge in [0.25, 0.3) is 0 Å². The van der Waals surface area contributed by atoms with Crippen LogP contribution in [0.4, 0.5) is 11.4 Å². The molecule has 0 spiro atoms. The SMILES string of the molecule is Cc1cc(N2CCCCO2)ccc1N. The molecule has 76 valence electrons. The summed E-state index contributed by atoms with van der Waals surface area (Å²) >= 11 is 0. The van der Waals surface area contributed by atoms with Crippen LogP contribution in [0.15, 0.2) is 18.2 Å². The molecule has 0 amide bonds. The van der Waals surface area contributed by atoms with Crippen molar-refractivity contribution in [1.29, 1.82) is 0 Å². The summed E-state index contributed by atoms with van der Waals surface area (Å²) in [6.07, 6.45) is 2.36. The van der Waals surface area contributed by atoms with E-state index in [1.165, 1.54) is 6.42 Å². The van der Waals surface area contributed by atoms with Crippen molar-refractivity contribution in [1.82, 2.24) is 0 Å². The maximum absolute atomic E-state index is 5.76. The highest BCUT2D eigenvalue weighted by Gasteiger charge is 2.11. The molecule has 0 atom stereocenters. The van der Waals surface area contributed by atoms with Gasteiger partial charge in [0.1, 0.15) is 0 Å². The molecule has 2 N–H and O–H groups in total. The summed E-state index contributed by atoms with van der Waals surface area (Å²) in [4.78, 5) is 5.55. The second-order valence-corrected chi connectivity index (χ2v) is 3.68. The van der Waals surface area contributed by atoms with E-state index >= 15 is 0 Å². The highest BCUT2D eigenvalue weighted by Crippen LogP contribution is 2.22. The number of hydrogen-bond donors (Lipinski definition) is 1. The maximum Gasteiger partial charge on any atom is 0.0749 e. The molecule has 3 heteroatoms. The molecule has 0 aromatic heterocycles. The number of nitrogens with two attached hydrogens (primary N) is 1. The Morgan fingerprint density at radius 3 is 2.86 bits per heavy atom. The average Bonchev–Trinajstić information content (AvgIpc) is 2.23. The number of nitrogen functional groups attached to an aromatic ring is 1. The molecule has 0 saturated carbocycles. The molecule has 0 aliphatic carbocycles. The van der Waals surface area contributed by atoms with Gasteiger partial charge in [0.05, 0.1) is 12.3 Å². The lowest BCUT2D eigenvalue weighted by Gasteiger charge is -2.28. The van der Waals surface area contributed by atoms with Crippen molar-refractivity contribution < 1.29 is 4.84 Å². The summed E-state index contributed by atoms with van der Waals surface area (Å²) in [5.41, 5.74) is 8.81. The fourth-order valence-electron chi connectivity index (χ4n) is 1.62. The zero-order valence-electron chi connectivity index (χ0n) is 8.49. The lowest BCUT2D eigenvalue weighted by atomic mass is 10.1. The molecule has 3 nitrogen and oxygen atoms in total. The third-order valence-corrected chi connectivity index (χ3v) is 2.54. The normalized spacial score (nSPS) is 17.1. The van der Waals surface area contributed by atoms with E-state index in [1.54, 1.807) is 0 Å². The van der Waals surface area contributed by atoms with Gasteiger partial charge in [0, 0.05) is 12.2 Å². The Morgan fingerprint density at radius 1 is 1.36 bits per heavy atom. The minimum absolute atomic E-state index is 0.823. The van der Waals surface area contributed by atoms with Crippen LogP contribution in [0, 0.1) is 6.92 Å². The Hall–Kier alpha value is -1.22. The van der Waals surface area contributed by atoms with E-state index in [0.717, 1.165) is 36.5 Å². The molecular weight excluding hydrogens is 176 g/mol. The molecule has 0 radical (unpaired) electrons. The van der Waals surface area contributed by atoms with Gasteiger partial charge in [-0.25, -0.2) is 0 Å². The smallest absolute Gasteiger partial charge is 0.0749 e. The molecule has 14 heavy (non-hydrogen) atoms. The molecule has 1 aromatic rings. The summed E-state index contributed by atoms with van der Waals surface area (Å²) in [6, 6.07) is 6.01. The van der Waals surface area contributed by atoms with Gasteiger partial charge in [0.2, 0.25) is 0 Å². The van der Waals surface area contributed by atoms with E-state index in [4.69, 9.17) is 10.6 Å². The van der Waals surface area contributed by atoms with Gasteiger partial charge < -0.3 is 5.73 Å². The zero-order chi connectivity index (χ0) is 9.97. The summed E-state index contributed by atoms with van der Waals surface area (Å²) in [5.74, 6) is 0. The Balaban J connectivity index is 2.18. The number of hydroxylamine groups is 1. The van der Waals surface area contributed by atoms with Crippen LogP contribution in [-0.2, 0) is 4.84 Å². The van der Waals surface area contributed by atoms with Crippen molar-refractivity contribution in [3.63, 3.8) is 0 Å². The van der Waals surface area contributed by atoms with Gasteiger partial charge in [-0.2, -0.15) is 0 Å². The minimum Gasteiger partial charge on any atom is -0.399 e. The lowest BCUT2D eigenvalue weighted by Crippen LogP contribution is -2.29. The second kappa shape index (κ2) is 3.88. The molecular formula is C11H16N2O. The first-order valence-corrected chi connectivity index (χ1v) is 5.04. The van der Waals surface area contributed by atoms with Crippen molar-refractivity contribution in [2.75, 3.05) is 23.9 Å². The minimum atomic E-state index is 0.823. The van der Waals surface area contributed by atoms with E-state index in [2.05, 4.69) is 6.07 Å². The molecule has 1 saturated heterocycles. The molecule has 1 aliphatic heterocycles. The molecule has 0 bridgehead atoms. The van der Waals surface area contributed by atoms with Crippen LogP contribution in [-0.4, -0.2) is 13.2 Å². The number of rotatable bonds is 1. The Morgan fingerprint density at radius 2 is 2.21 bits per heavy atom. The first-order valence-electron chi connectivity index (χ1n) is 5.04. The van der Waals surface area contributed by atoms with Crippen LogP contribution >= 0.6 is 0 Å². The van der Waals surface area contributed by atoms with Gasteiger partial charge in [-0.1, -0.05) is 0 Å². The van der Waals surface area contributed by atoms with E-state index in [0.29, 0.717) is 0 Å². The van der Waals surface area contributed by atoms with Gasteiger partial charge in [-0.3, -0.25) is 9.90 Å². The molecule has 0 unspecified atom stereocenters. The van der Waals surface area contributed by atoms with E-state index in [-0.39, 0.29) is 0 Å². The van der Waals surface area contributed by atoms with Crippen LogP contribution < -0.4 is 10.8 Å². The van der Waals surface area contributed by atoms with Crippen LogP contribution in [0.3, 0.4) is 0 Å². The van der Waals surface area contributed by atoms with Crippen LogP contribution in [0.2, 0.25) is 0 Å². The van der Waals surface area contributed by atoms with Crippen molar-refractivity contribution >= 4 is 11.4 Å². The number of benzene rings is 1. The second-order valence-electron chi connectivity index (χ2n) is 3.68. The highest BCUT2D eigenvalue weighted by molar-refractivity contribution is 5.57. The van der Waals surface area contributed by atoms with E-state index < -0.39 is 0 Å². The standard InChI is InChI=1S/C11H16N2O/c1-9-8-10(4-5-11(9)12)13-6-2-3-7-14-13/h4-5,8H,2-3,6-7,12H2,1H3. The maximum atomic E-state index is 5.76. The van der Waals surface area contributed by atoms with Crippen molar-refractivity contribution in [3.8, 4) is 0 Å². The predicted octanol–water partition coefficient (Wildman–Crippen LogP) is 2.11. The number of nitrogens with zero attached hydrogens (tertiary/aromatic N) is 1. The fraction of sp³-hybridized carbons (Fsp3) is 0.455. The number of hydrogen-bond acceptors (Lipinski definition) is 3. The average molecular weight is 192 g/mol. The van der Waals surface area contributed by atoms with Crippen LogP contribution in [0.1, 0.15) is 18.4 Å². The third kappa shape index (κ3) is 1.82. The molecule has 1 aliphatic rings. The quantitative estimate of drug-likeness (QED) is 0.692. The predicted molar refractivity (Wildman–Crippen MR) is 58.1 cm³/mol. The summed E-state index contributed by atoms with van der Waals surface area (Å²) < 4.78 is 0. The lowest BCUT2D eigenvalue weighted by molar-refractivity contribution is 0.0778. The highest BCUT2D eigenvalue weighted by atomic mass is 16.7. The zero-order valence-corrected chi connectivity index (χ0v) is 8.49. The van der Waals surface area contributed by atoms with Gasteiger partial charge in [-0.15, -0.1) is 0 Å².